The Morgan fingerprint density at radius 2 is 1.65 bits per heavy atom. The molecule has 5 heteroatoms. The number of furan rings is 1. The summed E-state index contributed by atoms with van der Waals surface area (Å²) in [6, 6.07) is 36.7. The Hall–Kier alpha value is -4.44. The summed E-state index contributed by atoms with van der Waals surface area (Å²) in [7, 11) is 0. The molecule has 0 unspecified atom stereocenters. The summed E-state index contributed by atoms with van der Waals surface area (Å²) in [6.45, 7) is 1.84. The smallest absolute Gasteiger partial charge is 0.216 e. The van der Waals surface area contributed by atoms with Gasteiger partial charge in [-0.25, -0.2) is 4.98 Å². The minimum absolute atomic E-state index is 0. The van der Waals surface area contributed by atoms with Crippen LogP contribution < -0.4 is 0 Å². The van der Waals surface area contributed by atoms with Crippen LogP contribution in [0.5, 0.6) is 0 Å². The van der Waals surface area contributed by atoms with Gasteiger partial charge in [0.25, 0.3) is 0 Å². The van der Waals surface area contributed by atoms with Crippen molar-refractivity contribution in [1.29, 1.82) is 0 Å². The standard InChI is InChI=1S/C31H29N2O.C12H10N.Ir/c1-20-19-32-29(28-10-6-9-26-27-16-11-21(2)33-31(27)34-30(26)28)18-25(20)17-22-12-14-24(15-13-22)23-7-4-3-5-8-23;1-10-7-8-12(13-9-10)11-5-3-2-4-6-11;/h6,9,11-16,18-19,23H,3-5,7-8,17H2,1-2H3;2-5,7-9H,1H3;/q2*-1;/i2D3;;. The molecule has 0 amide bonds. The molecule has 3 aromatic carbocycles. The fourth-order valence-electron chi connectivity index (χ4n) is 6.45. The van der Waals surface area contributed by atoms with Gasteiger partial charge < -0.3 is 14.4 Å². The molecule has 1 saturated carbocycles. The van der Waals surface area contributed by atoms with Crippen molar-refractivity contribution < 1.29 is 28.6 Å². The minimum Gasteiger partial charge on any atom is -0.486 e. The number of aryl methyl sites for hydroxylation is 3. The molecule has 0 bridgehead atoms. The quantitative estimate of drug-likeness (QED) is 0.163. The van der Waals surface area contributed by atoms with Crippen molar-refractivity contribution in [2.75, 3.05) is 0 Å². The van der Waals surface area contributed by atoms with Gasteiger partial charge in [-0.1, -0.05) is 72.7 Å². The molecule has 4 nitrogen and oxygen atoms in total. The zero-order valence-corrected chi connectivity index (χ0v) is 29.6. The van der Waals surface area contributed by atoms with Crippen LogP contribution in [0.15, 0.2) is 108 Å². The van der Waals surface area contributed by atoms with Crippen molar-refractivity contribution in [1.82, 2.24) is 15.0 Å². The molecule has 8 rings (SSSR count). The number of benzene rings is 3. The van der Waals surface area contributed by atoms with Crippen LogP contribution in [0, 0.1) is 32.8 Å². The number of rotatable bonds is 5. The van der Waals surface area contributed by atoms with Gasteiger partial charge in [0.15, 0.2) is 0 Å². The zero-order valence-electron chi connectivity index (χ0n) is 30.2. The summed E-state index contributed by atoms with van der Waals surface area (Å²) >= 11 is 0. The summed E-state index contributed by atoms with van der Waals surface area (Å²) < 4.78 is 29.1. The normalized spacial score (nSPS) is 14.3. The summed E-state index contributed by atoms with van der Waals surface area (Å²) in [5.74, 6) is 0.710. The van der Waals surface area contributed by atoms with Gasteiger partial charge in [-0.05, 0) is 97.2 Å². The predicted octanol–water partition coefficient (Wildman–Crippen LogP) is 11.0. The van der Waals surface area contributed by atoms with Crippen molar-refractivity contribution in [2.45, 2.75) is 65.1 Å². The number of pyridine rings is 3. The monoisotopic (exact) mass is 809 g/mol. The molecule has 1 aliphatic rings. The zero-order chi connectivity index (χ0) is 34.7. The van der Waals surface area contributed by atoms with E-state index >= 15 is 0 Å². The van der Waals surface area contributed by atoms with Gasteiger partial charge in [0.1, 0.15) is 0 Å². The number of hydrogen-bond acceptors (Lipinski definition) is 4. The summed E-state index contributed by atoms with van der Waals surface area (Å²) in [5.41, 5.74) is 10.8. The van der Waals surface area contributed by atoms with Crippen molar-refractivity contribution in [3.8, 4) is 22.5 Å². The predicted molar refractivity (Wildman–Crippen MR) is 191 cm³/mol. The maximum absolute atomic E-state index is 7.67. The second-order valence-electron chi connectivity index (χ2n) is 12.5. The van der Waals surface area contributed by atoms with E-state index in [-0.39, 0.29) is 25.8 Å². The molecular formula is C43H39IrN3O-2. The van der Waals surface area contributed by atoms with Gasteiger partial charge in [0, 0.05) is 47.7 Å². The summed E-state index contributed by atoms with van der Waals surface area (Å²) in [6.07, 6.45) is 11.3. The van der Waals surface area contributed by atoms with Crippen molar-refractivity contribution in [2.24, 2.45) is 0 Å². The third kappa shape index (κ3) is 7.49. The van der Waals surface area contributed by atoms with Gasteiger partial charge in [-0.3, -0.25) is 0 Å². The second-order valence-corrected chi connectivity index (χ2v) is 12.5. The number of aromatic nitrogens is 3. The Labute approximate surface area is 301 Å². The van der Waals surface area contributed by atoms with E-state index in [1.165, 1.54) is 54.4 Å². The SMILES string of the molecule is Cc1ccc(-c2[c-]cccc2)nc1.[2H]C([2H])([2H])c1ccc2c(n1)oc1c(-c3cc(Cc4ccc(C5CCCCC5)cc4)c(C)cn3)[c-]ccc12.[Ir]. The van der Waals surface area contributed by atoms with E-state index in [0.29, 0.717) is 17.2 Å². The van der Waals surface area contributed by atoms with Crippen LogP contribution in [-0.4, -0.2) is 15.0 Å². The maximum atomic E-state index is 7.67. The Balaban J connectivity index is 0.000000269. The number of nitrogens with zero attached hydrogens (tertiary/aromatic N) is 3. The van der Waals surface area contributed by atoms with Crippen LogP contribution in [0.1, 0.15) is 75.6 Å². The van der Waals surface area contributed by atoms with E-state index in [0.717, 1.165) is 45.3 Å². The first-order valence-electron chi connectivity index (χ1n) is 17.9. The Morgan fingerprint density at radius 1 is 0.812 bits per heavy atom. The molecule has 0 N–H and O–H groups in total. The Morgan fingerprint density at radius 3 is 2.40 bits per heavy atom. The van der Waals surface area contributed by atoms with Crippen LogP contribution >= 0.6 is 0 Å². The molecule has 4 aromatic heterocycles. The van der Waals surface area contributed by atoms with E-state index in [1.807, 2.05) is 61.8 Å². The minimum atomic E-state index is -2.29. The molecule has 0 spiro atoms. The molecule has 48 heavy (non-hydrogen) atoms. The fourth-order valence-corrected chi connectivity index (χ4v) is 6.45. The van der Waals surface area contributed by atoms with Gasteiger partial charge in [0.2, 0.25) is 5.71 Å². The van der Waals surface area contributed by atoms with E-state index in [4.69, 9.17) is 13.5 Å². The second kappa shape index (κ2) is 15.2. The van der Waals surface area contributed by atoms with Crippen molar-refractivity contribution >= 4 is 22.1 Å². The third-order valence-electron chi connectivity index (χ3n) is 9.12. The molecular weight excluding hydrogens is 767 g/mol. The largest absolute Gasteiger partial charge is 0.486 e. The average molecular weight is 809 g/mol. The molecule has 4 heterocycles. The van der Waals surface area contributed by atoms with E-state index < -0.39 is 6.85 Å². The Kier molecular flexibility index (Phi) is 9.39. The van der Waals surface area contributed by atoms with E-state index in [9.17, 15) is 0 Å². The van der Waals surface area contributed by atoms with E-state index in [1.54, 1.807) is 12.1 Å². The van der Waals surface area contributed by atoms with Crippen molar-refractivity contribution in [3.63, 3.8) is 0 Å². The molecule has 0 saturated heterocycles. The third-order valence-corrected chi connectivity index (χ3v) is 9.12. The molecule has 1 aliphatic carbocycles. The van der Waals surface area contributed by atoms with Crippen molar-refractivity contribution in [3.05, 3.63) is 149 Å². The van der Waals surface area contributed by atoms with Crippen LogP contribution in [0.3, 0.4) is 0 Å². The number of hydrogen-bond donors (Lipinski definition) is 0. The molecule has 1 radical (unpaired) electrons. The van der Waals surface area contributed by atoms with Gasteiger partial charge in [-0.2, -0.15) is 0 Å². The molecule has 0 aliphatic heterocycles. The molecule has 1 fully saturated rings. The van der Waals surface area contributed by atoms with E-state index in [2.05, 4.69) is 65.4 Å². The first-order valence-corrected chi connectivity index (χ1v) is 16.4. The number of fused-ring (bicyclic) bond motifs is 3. The van der Waals surface area contributed by atoms with Crippen LogP contribution in [0.25, 0.3) is 44.6 Å². The Bertz CT molecular complexity index is 2230. The first-order chi connectivity index (χ1) is 24.2. The van der Waals surface area contributed by atoms with Gasteiger partial charge >= 0.3 is 0 Å². The van der Waals surface area contributed by atoms with Crippen LogP contribution in [-0.2, 0) is 26.5 Å². The van der Waals surface area contributed by atoms with Crippen LogP contribution in [0.2, 0.25) is 0 Å². The fraction of sp³-hybridized carbons (Fsp3) is 0.233. The summed E-state index contributed by atoms with van der Waals surface area (Å²) in [5, 5.41) is 1.65. The molecule has 7 aromatic rings. The first kappa shape index (κ1) is 29.7. The molecule has 0 atom stereocenters. The maximum Gasteiger partial charge on any atom is 0.216 e. The average Bonchev–Trinajstić information content (AvgIpc) is 3.52. The van der Waals surface area contributed by atoms with Gasteiger partial charge in [0.05, 0.1) is 5.58 Å². The topological polar surface area (TPSA) is 51.8 Å². The summed E-state index contributed by atoms with van der Waals surface area (Å²) in [4.78, 5) is 13.3. The van der Waals surface area contributed by atoms with Gasteiger partial charge in [-0.15, -0.1) is 54.1 Å². The molecule has 243 valence electrons. The van der Waals surface area contributed by atoms with Crippen LogP contribution in [0.4, 0.5) is 0 Å².